The minimum absolute atomic E-state index is 0. The lowest BCUT2D eigenvalue weighted by Crippen LogP contribution is -2.52. The van der Waals surface area contributed by atoms with Crippen molar-refractivity contribution >= 4 is 47.0 Å². The Labute approximate surface area is 361 Å². The lowest BCUT2D eigenvalue weighted by molar-refractivity contribution is -0.260. The second-order valence-corrected chi connectivity index (χ2v) is 18.4. The molecule has 0 spiro atoms. The first-order valence-electron chi connectivity index (χ1n) is 20.1. The van der Waals surface area contributed by atoms with Crippen LogP contribution in [0.4, 0.5) is 0 Å². The van der Waals surface area contributed by atoms with Gasteiger partial charge >= 0.3 is 0 Å². The molecule has 0 aromatic rings. The van der Waals surface area contributed by atoms with E-state index in [4.69, 9.17) is 93.1 Å². The van der Waals surface area contributed by atoms with E-state index in [-0.39, 0.29) is 100 Å². The minimum Gasteiger partial charge on any atom is -0.870 e. The van der Waals surface area contributed by atoms with Crippen LogP contribution in [0.15, 0.2) is 0 Å². The van der Waals surface area contributed by atoms with Gasteiger partial charge in [-0.15, -0.1) is 0 Å². The Morgan fingerprint density at radius 1 is 0.750 bits per heavy atom. The maximum Gasteiger partial charge on any atom is 0.268 e. The van der Waals surface area contributed by atoms with Crippen LogP contribution < -0.4 is 9.79 Å². The molecule has 5 aliphatic heterocycles. The van der Waals surface area contributed by atoms with Crippen LogP contribution in [0.2, 0.25) is 0 Å². The fourth-order valence-electron chi connectivity index (χ4n) is 6.41. The first kappa shape index (κ1) is 58.1. The number of phosphoric acid groups is 2. The highest BCUT2D eigenvalue weighted by atomic mass is 31.2. The highest BCUT2D eigenvalue weighted by Gasteiger charge is 2.53. The monoisotopic (exact) mass is 895 g/mol. The Morgan fingerprint density at radius 3 is 1.70 bits per heavy atom. The molecule has 8 radical (unpaired) electrons. The molecule has 0 aromatic heterocycles. The molecule has 19 nitrogen and oxygen atoms in total. The van der Waals surface area contributed by atoms with Crippen LogP contribution in [-0.2, 0) is 65.1 Å². The van der Waals surface area contributed by atoms with Gasteiger partial charge in [0.1, 0.15) is 61.4 Å². The normalized spacial score (nSPS) is 37.0. The number of aliphatic hydroxyl groups is 2. The van der Waals surface area contributed by atoms with Crippen LogP contribution >= 0.6 is 15.6 Å². The van der Waals surface area contributed by atoms with Gasteiger partial charge in [0.15, 0.2) is 0 Å². The van der Waals surface area contributed by atoms with Gasteiger partial charge in [0.25, 0.3) is 15.6 Å². The summed E-state index contributed by atoms with van der Waals surface area (Å²) < 4.78 is 87.2. The third-order valence-electron chi connectivity index (χ3n) is 8.82. The van der Waals surface area contributed by atoms with E-state index in [1.165, 1.54) is 0 Å². The first-order valence-corrected chi connectivity index (χ1v) is 23.1. The summed E-state index contributed by atoms with van der Waals surface area (Å²) in [6.45, 7) is 17.1. The third kappa shape index (κ3) is 20.9. The maximum absolute atomic E-state index is 12.3. The molecule has 5 fully saturated rings. The standard InChI is InChI=1S/C16H29B2O8P.C9H16BO6P.C8H15BO3.C2H6O.H2O/c1-9(2)21-7-13-12(6-16(18)24-13)26-27(19,20)22-8-14-11(23-10(3)4)5-15(17)25-14;1-6(2)13-4-9-5-14-17(11,12)16-7(9)3-8(10)15-9;1-5(2)11-6-3-8(9)12-7(6)4-10;1-2-3;/h9-16H,5-8H2,1-4H3,(H,19,20);6-8H,3-5H2,1-2H3,(H,11,12);5-8,10H,3-4H2,1-2H3;3H,2H2,1H3;1H2/p-3/t11-,12-,13-,14-,15-,16-;7-,8-,9+;6-,7-,8-;;/m111../s1. The Hall–Kier alpha value is 0.0397. The van der Waals surface area contributed by atoms with E-state index < -0.39 is 63.7 Å². The SMILES string of the molecule is CCO.[B][C@H]1C[C@@H](OC(C)C)[C@@H](CO)O1.[B][C@H]1C[C@@H](OC(C)C)[C@@H](COP(=O)([O-])O[C@@H]2C[C@H]([B])O[C@@H]2COC(C)C)O1.[B][C@H]1C[C@H]2OP(=O)([O-])OC[C@]2(COC(C)C)O1.[OH-]. The number of rotatable bonds is 16. The van der Waals surface area contributed by atoms with Crippen molar-refractivity contribution in [3.8, 4) is 0 Å². The Balaban J connectivity index is 0.000000466. The van der Waals surface area contributed by atoms with Gasteiger partial charge in [0, 0.05) is 30.6 Å². The van der Waals surface area contributed by atoms with Gasteiger partial charge in [-0.2, -0.15) is 0 Å². The number of ether oxygens (including phenoxy) is 8. The molecular weight excluding hydrogens is 830 g/mol. The van der Waals surface area contributed by atoms with Crippen molar-refractivity contribution < 1.29 is 90.6 Å². The molecular formula is C35H65B4O19P2-3. The van der Waals surface area contributed by atoms with E-state index in [0.29, 0.717) is 19.3 Å². The van der Waals surface area contributed by atoms with Crippen LogP contribution in [0, 0.1) is 0 Å². The predicted octanol–water partition coefficient (Wildman–Crippen LogP) is 0.469. The zero-order valence-electron chi connectivity index (χ0n) is 36.3. The lowest BCUT2D eigenvalue weighted by Gasteiger charge is -2.42. The zero-order valence-corrected chi connectivity index (χ0v) is 38.1. The van der Waals surface area contributed by atoms with E-state index in [9.17, 15) is 18.9 Å². The molecule has 0 aromatic carbocycles. The summed E-state index contributed by atoms with van der Waals surface area (Å²) in [4.78, 5) is 23.5. The van der Waals surface area contributed by atoms with Crippen molar-refractivity contribution in [2.45, 2.75) is 185 Å². The molecule has 14 atom stereocenters. The minimum atomic E-state index is -4.60. The average Bonchev–Trinajstić information content (AvgIpc) is 3.84. The highest BCUT2D eigenvalue weighted by molar-refractivity contribution is 7.46. The van der Waals surface area contributed by atoms with Crippen LogP contribution in [0.5, 0.6) is 0 Å². The van der Waals surface area contributed by atoms with Crippen molar-refractivity contribution in [1.82, 2.24) is 0 Å². The summed E-state index contributed by atoms with van der Waals surface area (Å²) in [6.07, 6.45) is -1.43. The molecule has 0 bridgehead atoms. The second-order valence-electron chi connectivity index (χ2n) is 15.7. The largest absolute Gasteiger partial charge is 0.870 e. The van der Waals surface area contributed by atoms with Crippen LogP contribution in [0.3, 0.4) is 0 Å². The summed E-state index contributed by atoms with van der Waals surface area (Å²) >= 11 is 0. The summed E-state index contributed by atoms with van der Waals surface area (Å²) in [7, 11) is 13.9. The quantitative estimate of drug-likeness (QED) is 0.158. The van der Waals surface area contributed by atoms with Crippen molar-refractivity contribution in [3.63, 3.8) is 0 Å². The highest BCUT2D eigenvalue weighted by Crippen LogP contribution is 2.52. The molecule has 5 heterocycles. The number of aliphatic hydroxyl groups excluding tert-OH is 2. The lowest BCUT2D eigenvalue weighted by atomic mass is 9.93. The third-order valence-corrected chi connectivity index (χ3v) is 10.8. The molecule has 3 N–H and O–H groups in total. The maximum atomic E-state index is 12.3. The molecule has 5 saturated heterocycles. The van der Waals surface area contributed by atoms with Gasteiger partial charge < -0.3 is 81.5 Å². The van der Waals surface area contributed by atoms with Gasteiger partial charge in [-0.1, -0.05) is 0 Å². The molecule has 5 rings (SSSR count). The molecule has 0 aliphatic carbocycles. The summed E-state index contributed by atoms with van der Waals surface area (Å²) in [5, 5.41) is 16.5. The number of fused-ring (bicyclic) bond motifs is 1. The van der Waals surface area contributed by atoms with Gasteiger partial charge in [0.2, 0.25) is 0 Å². The smallest absolute Gasteiger partial charge is 0.268 e. The van der Waals surface area contributed by atoms with E-state index in [1.54, 1.807) is 6.92 Å². The molecule has 0 saturated carbocycles. The Bertz CT molecular complexity index is 1280. The molecule has 0 amide bonds. The molecule has 25 heteroatoms. The number of phosphoric ester groups is 2. The molecule has 2 unspecified atom stereocenters. The first-order chi connectivity index (χ1) is 27.4. The number of hydrogen-bond acceptors (Lipinski definition) is 19. The number of hydrogen-bond donors (Lipinski definition) is 2. The fraction of sp³-hybridized carbons (Fsp3) is 1.00. The van der Waals surface area contributed by atoms with Crippen LogP contribution in [0.25, 0.3) is 0 Å². The van der Waals surface area contributed by atoms with Gasteiger partial charge in [-0.3, -0.25) is 9.13 Å². The molecule has 344 valence electrons. The van der Waals surface area contributed by atoms with Crippen LogP contribution in [0.1, 0.15) is 88.0 Å². The van der Waals surface area contributed by atoms with Gasteiger partial charge in [-0.25, -0.2) is 0 Å². The Morgan fingerprint density at radius 2 is 1.22 bits per heavy atom. The molecule has 5 aliphatic rings. The van der Waals surface area contributed by atoms with E-state index in [1.807, 2.05) is 55.4 Å². The van der Waals surface area contributed by atoms with Crippen molar-refractivity contribution in [3.05, 3.63) is 0 Å². The molecule has 60 heavy (non-hydrogen) atoms. The topological polar surface area (TPSA) is 261 Å². The van der Waals surface area contributed by atoms with E-state index >= 15 is 0 Å². The van der Waals surface area contributed by atoms with Gasteiger partial charge in [-0.05, 0) is 88.0 Å². The van der Waals surface area contributed by atoms with E-state index in [0.717, 1.165) is 0 Å². The summed E-state index contributed by atoms with van der Waals surface area (Å²) in [5.74, 6) is 0. The van der Waals surface area contributed by atoms with Gasteiger partial charge in [0.05, 0.1) is 75.8 Å². The fourth-order valence-corrected chi connectivity index (χ4v) is 8.38. The van der Waals surface area contributed by atoms with Crippen molar-refractivity contribution in [2.24, 2.45) is 0 Å². The average molecular weight is 895 g/mol. The summed E-state index contributed by atoms with van der Waals surface area (Å²) in [5.41, 5.74) is -0.915. The predicted molar refractivity (Wildman–Crippen MR) is 216 cm³/mol. The van der Waals surface area contributed by atoms with E-state index in [2.05, 4.69) is 4.52 Å². The van der Waals surface area contributed by atoms with Crippen LogP contribution in [-0.4, -0.2) is 183 Å². The Kier molecular flexibility index (Phi) is 26.6. The van der Waals surface area contributed by atoms with Crippen molar-refractivity contribution in [1.29, 1.82) is 0 Å². The zero-order chi connectivity index (χ0) is 44.7. The van der Waals surface area contributed by atoms with Crippen molar-refractivity contribution in [2.75, 3.05) is 39.6 Å². The second kappa shape index (κ2) is 27.5. The summed E-state index contributed by atoms with van der Waals surface area (Å²) in [6, 6.07) is -1.98.